The standard InChI is InChI=1S/C17H19N5O/c1-3-15-20-21-16-14(5-4-10-22(15)16)17(23)19-9-7-13-6-8-18-11-12(13)2/h4-6,8,10-11H,3,7,9H2,1-2H3,(H,19,23). The van der Waals surface area contributed by atoms with Gasteiger partial charge in [-0.25, -0.2) is 0 Å². The lowest BCUT2D eigenvalue weighted by Crippen LogP contribution is -2.26. The van der Waals surface area contributed by atoms with Gasteiger partial charge in [0.2, 0.25) is 0 Å². The van der Waals surface area contributed by atoms with Crippen LogP contribution in [0, 0.1) is 6.92 Å². The summed E-state index contributed by atoms with van der Waals surface area (Å²) in [4.78, 5) is 16.5. The van der Waals surface area contributed by atoms with Gasteiger partial charge >= 0.3 is 0 Å². The van der Waals surface area contributed by atoms with Crippen LogP contribution in [0.4, 0.5) is 0 Å². The number of hydrogen-bond donors (Lipinski definition) is 1. The summed E-state index contributed by atoms with van der Waals surface area (Å²) in [5.41, 5.74) is 3.47. The topological polar surface area (TPSA) is 72.2 Å². The molecule has 6 nitrogen and oxygen atoms in total. The lowest BCUT2D eigenvalue weighted by Gasteiger charge is -2.08. The second-order valence-corrected chi connectivity index (χ2v) is 5.39. The van der Waals surface area contributed by atoms with Gasteiger partial charge in [-0.3, -0.25) is 14.2 Å². The minimum absolute atomic E-state index is 0.127. The number of carbonyl (C=O) groups excluding carboxylic acids is 1. The Hall–Kier alpha value is -2.76. The van der Waals surface area contributed by atoms with Gasteiger partial charge in [-0.05, 0) is 42.7 Å². The first-order chi connectivity index (χ1) is 11.2. The van der Waals surface area contributed by atoms with Crippen molar-refractivity contribution in [2.24, 2.45) is 0 Å². The highest BCUT2D eigenvalue weighted by molar-refractivity contribution is 5.99. The van der Waals surface area contributed by atoms with Crippen LogP contribution in [0.5, 0.6) is 0 Å². The summed E-state index contributed by atoms with van der Waals surface area (Å²) in [6.45, 7) is 4.60. The molecule has 0 aliphatic carbocycles. The van der Waals surface area contributed by atoms with Crippen molar-refractivity contribution in [1.29, 1.82) is 0 Å². The van der Waals surface area contributed by atoms with Gasteiger partial charge in [-0.1, -0.05) is 6.92 Å². The van der Waals surface area contributed by atoms with Crippen LogP contribution >= 0.6 is 0 Å². The van der Waals surface area contributed by atoms with E-state index < -0.39 is 0 Å². The van der Waals surface area contributed by atoms with Crippen LogP contribution in [0.1, 0.15) is 34.2 Å². The van der Waals surface area contributed by atoms with Crippen LogP contribution in [0.2, 0.25) is 0 Å². The molecule has 1 amide bonds. The molecule has 0 saturated carbocycles. The van der Waals surface area contributed by atoms with Crippen LogP contribution in [0.3, 0.4) is 0 Å². The van der Waals surface area contributed by atoms with Gasteiger partial charge in [0.1, 0.15) is 5.82 Å². The number of rotatable bonds is 5. The second-order valence-electron chi connectivity index (χ2n) is 5.39. The number of hydrogen-bond acceptors (Lipinski definition) is 4. The van der Waals surface area contributed by atoms with Gasteiger partial charge in [-0.15, -0.1) is 10.2 Å². The van der Waals surface area contributed by atoms with Crippen molar-refractivity contribution in [2.45, 2.75) is 26.7 Å². The van der Waals surface area contributed by atoms with Crippen LogP contribution < -0.4 is 5.32 Å². The quantitative estimate of drug-likeness (QED) is 0.782. The van der Waals surface area contributed by atoms with Gasteiger partial charge in [-0.2, -0.15) is 0 Å². The average Bonchev–Trinajstić information content (AvgIpc) is 2.99. The largest absolute Gasteiger partial charge is 0.352 e. The highest BCUT2D eigenvalue weighted by atomic mass is 16.1. The minimum atomic E-state index is -0.127. The normalized spacial score (nSPS) is 10.9. The molecule has 0 aromatic carbocycles. The van der Waals surface area contributed by atoms with Crippen molar-refractivity contribution in [3.05, 3.63) is 59.3 Å². The molecule has 0 atom stereocenters. The Labute approximate surface area is 134 Å². The Balaban J connectivity index is 1.72. The third kappa shape index (κ3) is 3.06. The number of nitrogens with zero attached hydrogens (tertiary/aromatic N) is 4. The number of aromatic nitrogens is 4. The van der Waals surface area contributed by atoms with E-state index in [1.54, 1.807) is 12.3 Å². The van der Waals surface area contributed by atoms with E-state index in [-0.39, 0.29) is 5.91 Å². The van der Waals surface area contributed by atoms with Crippen molar-refractivity contribution in [3.8, 4) is 0 Å². The van der Waals surface area contributed by atoms with E-state index in [2.05, 4.69) is 20.5 Å². The third-order valence-electron chi connectivity index (χ3n) is 3.88. The Morgan fingerprint density at radius 1 is 1.30 bits per heavy atom. The summed E-state index contributed by atoms with van der Waals surface area (Å²) < 4.78 is 1.86. The molecule has 0 spiro atoms. The van der Waals surface area contributed by atoms with Gasteiger partial charge < -0.3 is 5.32 Å². The van der Waals surface area contributed by atoms with Crippen molar-refractivity contribution in [1.82, 2.24) is 24.9 Å². The molecule has 3 aromatic heterocycles. The number of amides is 1. The summed E-state index contributed by atoms with van der Waals surface area (Å²) in [6, 6.07) is 5.60. The first-order valence-electron chi connectivity index (χ1n) is 7.71. The molecule has 3 rings (SSSR count). The molecule has 118 valence electrons. The number of aryl methyl sites for hydroxylation is 2. The molecule has 0 aliphatic rings. The van der Waals surface area contributed by atoms with Crippen LogP contribution in [0.15, 0.2) is 36.8 Å². The molecular formula is C17H19N5O. The van der Waals surface area contributed by atoms with E-state index in [0.717, 1.165) is 24.2 Å². The maximum atomic E-state index is 12.4. The van der Waals surface area contributed by atoms with Crippen LogP contribution in [-0.4, -0.2) is 32.0 Å². The molecule has 0 aliphatic heterocycles. The zero-order chi connectivity index (χ0) is 16.2. The van der Waals surface area contributed by atoms with Gasteiger partial charge in [0.25, 0.3) is 5.91 Å². The van der Waals surface area contributed by atoms with Gasteiger partial charge in [0.15, 0.2) is 5.65 Å². The van der Waals surface area contributed by atoms with Gasteiger partial charge in [0, 0.05) is 31.6 Å². The van der Waals surface area contributed by atoms with E-state index in [1.165, 1.54) is 5.56 Å². The lowest BCUT2D eigenvalue weighted by atomic mass is 10.1. The average molecular weight is 309 g/mol. The monoisotopic (exact) mass is 309 g/mol. The summed E-state index contributed by atoms with van der Waals surface area (Å²) in [5, 5.41) is 11.2. The molecule has 0 radical (unpaired) electrons. The van der Waals surface area contributed by atoms with Crippen molar-refractivity contribution >= 4 is 11.6 Å². The highest BCUT2D eigenvalue weighted by Gasteiger charge is 2.13. The molecular weight excluding hydrogens is 290 g/mol. The lowest BCUT2D eigenvalue weighted by molar-refractivity contribution is 0.0955. The number of fused-ring (bicyclic) bond motifs is 1. The van der Waals surface area contributed by atoms with Crippen LogP contribution in [0.25, 0.3) is 5.65 Å². The molecule has 23 heavy (non-hydrogen) atoms. The Morgan fingerprint density at radius 2 is 2.17 bits per heavy atom. The van der Waals surface area contributed by atoms with E-state index in [1.807, 2.05) is 42.8 Å². The molecule has 6 heteroatoms. The molecule has 3 heterocycles. The Bertz CT molecular complexity index is 840. The van der Waals surface area contributed by atoms with Crippen LogP contribution in [-0.2, 0) is 12.8 Å². The SMILES string of the molecule is CCc1nnc2c(C(=O)NCCc3ccncc3C)cccn12. The maximum absolute atomic E-state index is 12.4. The summed E-state index contributed by atoms with van der Waals surface area (Å²) in [7, 11) is 0. The molecule has 0 fully saturated rings. The van der Waals surface area contributed by atoms with E-state index in [0.29, 0.717) is 17.8 Å². The molecule has 0 unspecified atom stereocenters. The number of carbonyl (C=O) groups is 1. The zero-order valence-electron chi connectivity index (χ0n) is 13.3. The first kappa shape index (κ1) is 15.1. The van der Waals surface area contributed by atoms with E-state index in [9.17, 15) is 4.79 Å². The fraction of sp³-hybridized carbons (Fsp3) is 0.294. The smallest absolute Gasteiger partial charge is 0.255 e. The molecule has 0 saturated heterocycles. The predicted octanol–water partition coefficient (Wildman–Crippen LogP) is 1.97. The van der Waals surface area contributed by atoms with Crippen molar-refractivity contribution in [3.63, 3.8) is 0 Å². The highest BCUT2D eigenvalue weighted by Crippen LogP contribution is 2.11. The fourth-order valence-corrected chi connectivity index (χ4v) is 2.57. The number of nitrogens with one attached hydrogen (secondary N) is 1. The third-order valence-corrected chi connectivity index (χ3v) is 3.88. The first-order valence-corrected chi connectivity index (χ1v) is 7.71. The van der Waals surface area contributed by atoms with Crippen molar-refractivity contribution in [2.75, 3.05) is 6.54 Å². The zero-order valence-corrected chi connectivity index (χ0v) is 13.3. The van der Waals surface area contributed by atoms with E-state index >= 15 is 0 Å². The van der Waals surface area contributed by atoms with E-state index in [4.69, 9.17) is 0 Å². The van der Waals surface area contributed by atoms with Gasteiger partial charge in [0.05, 0.1) is 5.56 Å². The summed E-state index contributed by atoms with van der Waals surface area (Å²) in [6.07, 6.45) is 7.03. The summed E-state index contributed by atoms with van der Waals surface area (Å²) >= 11 is 0. The second kappa shape index (κ2) is 6.56. The van der Waals surface area contributed by atoms with Crippen molar-refractivity contribution < 1.29 is 4.79 Å². The summed E-state index contributed by atoms with van der Waals surface area (Å²) in [5.74, 6) is 0.722. The molecule has 3 aromatic rings. The maximum Gasteiger partial charge on any atom is 0.255 e. The Kier molecular flexibility index (Phi) is 4.32. The number of pyridine rings is 2. The molecule has 0 bridgehead atoms. The Morgan fingerprint density at radius 3 is 2.96 bits per heavy atom. The predicted molar refractivity (Wildman–Crippen MR) is 87.4 cm³/mol. The molecule has 1 N–H and O–H groups in total. The fourth-order valence-electron chi connectivity index (χ4n) is 2.57. The minimum Gasteiger partial charge on any atom is -0.352 e.